The van der Waals surface area contributed by atoms with Crippen molar-refractivity contribution in [3.63, 3.8) is 0 Å². The average molecular weight is 1060 g/mol. The van der Waals surface area contributed by atoms with Gasteiger partial charge < -0.3 is 28.5 Å². The quantitative estimate of drug-likeness (QED) is 0.0161. The SMILES string of the molecule is CCCCC/C=C\C/C=C\CCCCCCCCCCCC(=O)OC(/C=C/CCCCCCCCCCCCC)C(COP(=O)([O-])OCC[N+](C)(C)C)NC(=O)CCCCC/C=C/C=C/CCCCCCCCC. The van der Waals surface area contributed by atoms with Gasteiger partial charge in [0.2, 0.25) is 5.91 Å². The van der Waals surface area contributed by atoms with Gasteiger partial charge in [-0.15, -0.1) is 0 Å². The van der Waals surface area contributed by atoms with Crippen molar-refractivity contribution in [1.82, 2.24) is 5.32 Å². The Morgan fingerprint density at radius 2 is 0.865 bits per heavy atom. The van der Waals surface area contributed by atoms with Crippen LogP contribution in [0.2, 0.25) is 0 Å². The number of ether oxygens (including phenoxy) is 1. The number of hydrogen-bond donors (Lipinski definition) is 1. The first-order valence-corrected chi connectivity index (χ1v) is 32.6. The predicted molar refractivity (Wildman–Crippen MR) is 316 cm³/mol. The summed E-state index contributed by atoms with van der Waals surface area (Å²) in [5.74, 6) is -0.571. The van der Waals surface area contributed by atoms with Crippen molar-refractivity contribution >= 4 is 19.7 Å². The molecule has 0 bridgehead atoms. The molecule has 0 aromatic rings. The van der Waals surface area contributed by atoms with Gasteiger partial charge in [-0.1, -0.05) is 242 Å². The highest BCUT2D eigenvalue weighted by Crippen LogP contribution is 2.38. The normalized spacial score (nSPS) is 14.1. The maximum atomic E-state index is 13.5. The van der Waals surface area contributed by atoms with Crippen molar-refractivity contribution in [2.24, 2.45) is 0 Å². The van der Waals surface area contributed by atoms with E-state index in [9.17, 15) is 19.0 Å². The molecule has 0 saturated heterocycles. The molecule has 1 amide bonds. The predicted octanol–water partition coefficient (Wildman–Crippen LogP) is 18.4. The van der Waals surface area contributed by atoms with Crippen LogP contribution in [0.15, 0.2) is 60.8 Å². The minimum Gasteiger partial charge on any atom is -0.756 e. The number of rotatable bonds is 56. The molecule has 74 heavy (non-hydrogen) atoms. The van der Waals surface area contributed by atoms with Crippen LogP contribution in [0.5, 0.6) is 0 Å². The summed E-state index contributed by atoms with van der Waals surface area (Å²) in [6, 6.07) is -0.904. The van der Waals surface area contributed by atoms with Gasteiger partial charge in [-0.3, -0.25) is 14.2 Å². The van der Waals surface area contributed by atoms with Crippen LogP contribution in [0.25, 0.3) is 0 Å². The van der Waals surface area contributed by atoms with Crippen molar-refractivity contribution in [3.05, 3.63) is 60.8 Å². The number of phosphoric acid groups is 1. The van der Waals surface area contributed by atoms with Crippen molar-refractivity contribution in [1.29, 1.82) is 0 Å². The van der Waals surface area contributed by atoms with E-state index in [1.54, 1.807) is 0 Å². The molecule has 3 atom stereocenters. The molecule has 0 rings (SSSR count). The van der Waals surface area contributed by atoms with Gasteiger partial charge in [-0.05, 0) is 89.5 Å². The summed E-state index contributed by atoms with van der Waals surface area (Å²) in [5, 5.41) is 3.01. The van der Waals surface area contributed by atoms with Crippen LogP contribution in [0.1, 0.15) is 284 Å². The lowest BCUT2D eigenvalue weighted by molar-refractivity contribution is -0.870. The molecule has 10 heteroatoms. The first-order chi connectivity index (χ1) is 35.9. The molecule has 0 aliphatic carbocycles. The van der Waals surface area contributed by atoms with Gasteiger partial charge in [-0.2, -0.15) is 0 Å². The molecule has 9 nitrogen and oxygen atoms in total. The number of quaternary nitrogens is 1. The van der Waals surface area contributed by atoms with Crippen LogP contribution in [-0.2, 0) is 27.9 Å². The Kier molecular flexibility index (Phi) is 52.4. The zero-order chi connectivity index (χ0) is 54.3. The second-order valence-electron chi connectivity index (χ2n) is 22.2. The molecule has 0 radical (unpaired) electrons. The average Bonchev–Trinajstić information content (AvgIpc) is 3.36. The summed E-state index contributed by atoms with van der Waals surface area (Å²) >= 11 is 0. The van der Waals surface area contributed by atoms with Gasteiger partial charge in [0.15, 0.2) is 0 Å². The number of nitrogens with one attached hydrogen (secondary N) is 1. The number of allylic oxidation sites excluding steroid dienone is 9. The zero-order valence-electron chi connectivity index (χ0n) is 49.3. The van der Waals surface area contributed by atoms with Crippen LogP contribution in [-0.4, -0.2) is 69.4 Å². The number of hydrogen-bond acceptors (Lipinski definition) is 7. The summed E-state index contributed by atoms with van der Waals surface area (Å²) in [6.07, 6.45) is 67.5. The number of carbonyl (C=O) groups excluding carboxylic acids is 2. The highest BCUT2D eigenvalue weighted by Gasteiger charge is 2.27. The lowest BCUT2D eigenvalue weighted by Crippen LogP contribution is -2.47. The molecule has 0 aromatic carbocycles. The molecular weight excluding hydrogens is 940 g/mol. The number of unbranched alkanes of at least 4 members (excludes halogenated alkanes) is 33. The number of esters is 1. The molecule has 432 valence electrons. The molecular formula is C64H119N2O7P. The van der Waals surface area contributed by atoms with E-state index in [0.29, 0.717) is 17.4 Å². The summed E-state index contributed by atoms with van der Waals surface area (Å²) < 4.78 is 30.3. The number of likely N-dealkylation sites (N-methyl/N-ethyl adjacent to an activating group) is 1. The largest absolute Gasteiger partial charge is 0.756 e. The number of amides is 1. The first-order valence-electron chi connectivity index (χ1n) is 31.1. The van der Waals surface area contributed by atoms with Gasteiger partial charge in [-0.25, -0.2) is 0 Å². The molecule has 0 aliphatic rings. The van der Waals surface area contributed by atoms with E-state index in [2.05, 4.69) is 74.7 Å². The van der Waals surface area contributed by atoms with E-state index >= 15 is 0 Å². The Morgan fingerprint density at radius 1 is 0.486 bits per heavy atom. The van der Waals surface area contributed by atoms with Gasteiger partial charge in [0.05, 0.1) is 33.8 Å². The van der Waals surface area contributed by atoms with E-state index < -0.39 is 26.6 Å². The van der Waals surface area contributed by atoms with Crippen LogP contribution in [0.3, 0.4) is 0 Å². The van der Waals surface area contributed by atoms with Gasteiger partial charge >= 0.3 is 5.97 Å². The summed E-state index contributed by atoms with van der Waals surface area (Å²) in [6.45, 7) is 6.81. The minimum absolute atomic E-state index is 0.0289. The first kappa shape index (κ1) is 71.7. The van der Waals surface area contributed by atoms with Crippen LogP contribution >= 0.6 is 7.82 Å². The fourth-order valence-electron chi connectivity index (χ4n) is 8.84. The van der Waals surface area contributed by atoms with Crippen molar-refractivity contribution < 1.29 is 37.3 Å². The molecule has 0 saturated carbocycles. The van der Waals surface area contributed by atoms with Crippen LogP contribution in [0, 0.1) is 0 Å². The lowest BCUT2D eigenvalue weighted by Gasteiger charge is -2.30. The Labute approximate surface area is 458 Å². The van der Waals surface area contributed by atoms with E-state index in [0.717, 1.165) is 83.5 Å². The van der Waals surface area contributed by atoms with Crippen LogP contribution < -0.4 is 10.2 Å². The second kappa shape index (κ2) is 54.1. The maximum Gasteiger partial charge on any atom is 0.306 e. The molecule has 0 aliphatic heterocycles. The van der Waals surface area contributed by atoms with Crippen molar-refractivity contribution in [3.8, 4) is 0 Å². The topological polar surface area (TPSA) is 114 Å². The fourth-order valence-corrected chi connectivity index (χ4v) is 9.56. The fraction of sp³-hybridized carbons (Fsp3) is 0.812. The zero-order valence-corrected chi connectivity index (χ0v) is 50.2. The van der Waals surface area contributed by atoms with E-state index in [1.807, 2.05) is 33.3 Å². The van der Waals surface area contributed by atoms with Crippen molar-refractivity contribution in [2.75, 3.05) is 40.9 Å². The third kappa shape index (κ3) is 54.5. The highest BCUT2D eigenvalue weighted by molar-refractivity contribution is 7.45. The van der Waals surface area contributed by atoms with E-state index in [1.165, 1.54) is 161 Å². The Balaban J connectivity index is 5.33. The molecule has 0 heterocycles. The third-order valence-corrected chi connectivity index (χ3v) is 14.7. The summed E-state index contributed by atoms with van der Waals surface area (Å²) in [4.78, 5) is 40.0. The molecule has 3 unspecified atom stereocenters. The number of nitrogens with zero attached hydrogens (tertiary/aromatic N) is 1. The maximum absolute atomic E-state index is 13.5. The highest BCUT2D eigenvalue weighted by atomic mass is 31.2. The Bertz CT molecular complexity index is 1450. The van der Waals surface area contributed by atoms with E-state index in [-0.39, 0.29) is 31.3 Å². The number of phosphoric ester groups is 1. The summed E-state index contributed by atoms with van der Waals surface area (Å²) in [5.41, 5.74) is 0. The van der Waals surface area contributed by atoms with Gasteiger partial charge in [0, 0.05) is 12.8 Å². The molecule has 1 N–H and O–H groups in total. The molecule has 0 spiro atoms. The lowest BCUT2D eigenvalue weighted by atomic mass is 10.0. The van der Waals surface area contributed by atoms with E-state index in [4.69, 9.17) is 13.8 Å². The number of carbonyl (C=O) groups is 2. The van der Waals surface area contributed by atoms with Crippen molar-refractivity contribution in [2.45, 2.75) is 296 Å². The monoisotopic (exact) mass is 1060 g/mol. The van der Waals surface area contributed by atoms with Gasteiger partial charge in [0.25, 0.3) is 7.82 Å². The third-order valence-electron chi connectivity index (χ3n) is 13.7. The molecule has 0 fully saturated rings. The molecule has 0 aromatic heterocycles. The summed E-state index contributed by atoms with van der Waals surface area (Å²) in [7, 11) is 1.17. The second-order valence-corrected chi connectivity index (χ2v) is 23.6. The smallest absolute Gasteiger partial charge is 0.306 e. The Morgan fingerprint density at radius 3 is 1.34 bits per heavy atom. The standard InChI is InChI=1S/C64H119N2O7P/c1-7-10-13-16-19-22-25-28-30-32-33-34-36-39-42-45-48-51-54-57-64(68)73-62(55-52-49-46-43-40-37-27-24-21-18-15-12-9-3)61(60-72-74(69,70)71-59-58-66(4,5)6)65-63(67)56-53-50-47-44-41-38-35-31-29-26-23-20-17-14-11-8-2/h19,22,28,30-31,35,38,41,52,55,61-62H,7-18,20-21,23-27,29,32-34,36-37,39-40,42-51,53-54,56-60H2,1-6H3,(H-,65,67,69,70)/b22-19-,30-28-,35-31+,41-38+,55-52+. The van der Waals surface area contributed by atoms with Crippen LogP contribution in [0.4, 0.5) is 0 Å². The minimum atomic E-state index is -4.71. The van der Waals surface area contributed by atoms with Gasteiger partial charge in [0.1, 0.15) is 19.3 Å². The Hall–Kier alpha value is -2.29.